The number of aromatic amines is 1. The van der Waals surface area contributed by atoms with Gasteiger partial charge < -0.3 is 14.5 Å². The molecule has 0 bridgehead atoms. The predicted molar refractivity (Wildman–Crippen MR) is 139 cm³/mol. The first-order valence-corrected chi connectivity index (χ1v) is 12.2. The SMILES string of the molecule is CC[C@@H](c1nnnn1CCOC)N(Cc1ccc(OC)cc1)Cc1cc2cc(C)c(C)cc2[nH]c1=O. The summed E-state index contributed by atoms with van der Waals surface area (Å²) in [5, 5.41) is 13.5. The molecule has 0 unspecified atom stereocenters. The van der Waals surface area contributed by atoms with Gasteiger partial charge in [-0.2, -0.15) is 0 Å². The Morgan fingerprint density at radius 2 is 1.81 bits per heavy atom. The lowest BCUT2D eigenvalue weighted by atomic mass is 10.0. The molecule has 9 heteroatoms. The lowest BCUT2D eigenvalue weighted by Crippen LogP contribution is -2.32. The Labute approximate surface area is 211 Å². The van der Waals surface area contributed by atoms with Gasteiger partial charge in [0.05, 0.1) is 26.3 Å². The Morgan fingerprint density at radius 1 is 1.06 bits per heavy atom. The number of rotatable bonds is 11. The van der Waals surface area contributed by atoms with E-state index in [0.29, 0.717) is 31.8 Å². The summed E-state index contributed by atoms with van der Waals surface area (Å²) in [6, 6.07) is 14.0. The van der Waals surface area contributed by atoms with Gasteiger partial charge >= 0.3 is 0 Å². The lowest BCUT2D eigenvalue weighted by Gasteiger charge is -2.30. The Kier molecular flexibility index (Phi) is 8.12. The van der Waals surface area contributed by atoms with E-state index < -0.39 is 0 Å². The molecule has 0 aliphatic carbocycles. The fourth-order valence-electron chi connectivity index (χ4n) is 4.49. The second-order valence-electron chi connectivity index (χ2n) is 9.08. The maximum absolute atomic E-state index is 13.1. The molecule has 2 heterocycles. The number of nitrogens with one attached hydrogen (secondary N) is 1. The van der Waals surface area contributed by atoms with E-state index in [1.165, 1.54) is 5.56 Å². The summed E-state index contributed by atoms with van der Waals surface area (Å²) in [6.07, 6.45) is 0.771. The largest absolute Gasteiger partial charge is 0.497 e. The van der Waals surface area contributed by atoms with Gasteiger partial charge in [0.1, 0.15) is 5.75 Å². The van der Waals surface area contributed by atoms with E-state index in [4.69, 9.17) is 9.47 Å². The zero-order valence-corrected chi connectivity index (χ0v) is 21.6. The van der Waals surface area contributed by atoms with Crippen LogP contribution in [-0.2, 0) is 24.4 Å². The van der Waals surface area contributed by atoms with Crippen molar-refractivity contribution in [3.05, 3.63) is 80.9 Å². The summed E-state index contributed by atoms with van der Waals surface area (Å²) in [4.78, 5) is 18.5. The molecule has 36 heavy (non-hydrogen) atoms. The second-order valence-corrected chi connectivity index (χ2v) is 9.08. The van der Waals surface area contributed by atoms with Crippen LogP contribution in [0.5, 0.6) is 5.75 Å². The number of fused-ring (bicyclic) bond motifs is 1. The van der Waals surface area contributed by atoms with Crippen LogP contribution >= 0.6 is 0 Å². The third-order valence-corrected chi connectivity index (χ3v) is 6.65. The highest BCUT2D eigenvalue weighted by atomic mass is 16.5. The van der Waals surface area contributed by atoms with Gasteiger partial charge in [-0.15, -0.1) is 5.10 Å². The van der Waals surface area contributed by atoms with Crippen LogP contribution in [0.2, 0.25) is 0 Å². The number of hydrogen-bond acceptors (Lipinski definition) is 7. The van der Waals surface area contributed by atoms with Gasteiger partial charge in [0, 0.05) is 31.3 Å². The van der Waals surface area contributed by atoms with Gasteiger partial charge in [0.25, 0.3) is 5.56 Å². The van der Waals surface area contributed by atoms with Crippen molar-refractivity contribution in [1.82, 2.24) is 30.1 Å². The van der Waals surface area contributed by atoms with Crippen molar-refractivity contribution in [2.75, 3.05) is 20.8 Å². The maximum atomic E-state index is 13.1. The zero-order valence-electron chi connectivity index (χ0n) is 21.6. The van der Waals surface area contributed by atoms with E-state index in [-0.39, 0.29) is 11.6 Å². The second kappa shape index (κ2) is 11.5. The number of H-pyrrole nitrogens is 1. The number of hydrogen-bond donors (Lipinski definition) is 1. The molecule has 190 valence electrons. The minimum Gasteiger partial charge on any atom is -0.497 e. The van der Waals surface area contributed by atoms with E-state index in [1.54, 1.807) is 18.9 Å². The Hall–Kier alpha value is -3.56. The molecule has 0 saturated heterocycles. The number of aryl methyl sites for hydroxylation is 2. The molecule has 0 spiro atoms. The lowest BCUT2D eigenvalue weighted by molar-refractivity contribution is 0.151. The third-order valence-electron chi connectivity index (χ3n) is 6.65. The summed E-state index contributed by atoms with van der Waals surface area (Å²) < 4.78 is 12.4. The van der Waals surface area contributed by atoms with Crippen molar-refractivity contribution >= 4 is 10.9 Å². The monoisotopic (exact) mass is 490 g/mol. The Morgan fingerprint density at radius 3 is 2.50 bits per heavy atom. The van der Waals surface area contributed by atoms with Gasteiger partial charge in [-0.1, -0.05) is 19.1 Å². The van der Waals surface area contributed by atoms with Crippen molar-refractivity contribution in [2.45, 2.75) is 52.9 Å². The van der Waals surface area contributed by atoms with Crippen LogP contribution in [0.4, 0.5) is 0 Å². The Bertz CT molecular complexity index is 1360. The minimum absolute atomic E-state index is 0.0840. The van der Waals surface area contributed by atoms with E-state index in [2.05, 4.69) is 52.2 Å². The predicted octanol–water partition coefficient (Wildman–Crippen LogP) is 3.94. The molecule has 4 aromatic rings. The van der Waals surface area contributed by atoms with Crippen LogP contribution in [0.25, 0.3) is 10.9 Å². The van der Waals surface area contributed by atoms with E-state index in [0.717, 1.165) is 40.0 Å². The van der Waals surface area contributed by atoms with Gasteiger partial charge in [0.15, 0.2) is 5.82 Å². The molecule has 1 N–H and O–H groups in total. The molecular formula is C27H34N6O3. The van der Waals surface area contributed by atoms with Crippen LogP contribution in [-0.4, -0.2) is 50.9 Å². The average molecular weight is 491 g/mol. The first kappa shape index (κ1) is 25.5. The van der Waals surface area contributed by atoms with E-state index >= 15 is 0 Å². The molecule has 0 radical (unpaired) electrons. The maximum Gasteiger partial charge on any atom is 0.252 e. The molecule has 0 aliphatic heterocycles. The summed E-state index contributed by atoms with van der Waals surface area (Å²) >= 11 is 0. The molecule has 0 amide bonds. The summed E-state index contributed by atoms with van der Waals surface area (Å²) in [5.74, 6) is 1.56. The smallest absolute Gasteiger partial charge is 0.252 e. The fourth-order valence-corrected chi connectivity index (χ4v) is 4.49. The molecule has 2 aromatic carbocycles. The van der Waals surface area contributed by atoms with Gasteiger partial charge in [-0.05, 0) is 83.1 Å². The van der Waals surface area contributed by atoms with Crippen molar-refractivity contribution in [1.29, 1.82) is 0 Å². The van der Waals surface area contributed by atoms with Crippen molar-refractivity contribution in [2.24, 2.45) is 0 Å². The van der Waals surface area contributed by atoms with Crippen LogP contribution in [0.15, 0.2) is 47.3 Å². The van der Waals surface area contributed by atoms with Gasteiger partial charge in [0.2, 0.25) is 0 Å². The van der Waals surface area contributed by atoms with E-state index in [1.807, 2.05) is 36.4 Å². The highest BCUT2D eigenvalue weighted by Crippen LogP contribution is 2.27. The average Bonchev–Trinajstić information content (AvgIpc) is 3.33. The van der Waals surface area contributed by atoms with Crippen molar-refractivity contribution in [3.8, 4) is 5.75 Å². The summed E-state index contributed by atoms with van der Waals surface area (Å²) in [7, 11) is 3.32. The first-order chi connectivity index (χ1) is 17.4. The number of aromatic nitrogens is 5. The van der Waals surface area contributed by atoms with Crippen LogP contribution < -0.4 is 10.3 Å². The molecule has 0 fully saturated rings. The fraction of sp³-hybridized carbons (Fsp3) is 0.407. The highest BCUT2D eigenvalue weighted by molar-refractivity contribution is 5.80. The highest BCUT2D eigenvalue weighted by Gasteiger charge is 2.26. The third kappa shape index (κ3) is 5.63. The number of benzene rings is 2. The van der Waals surface area contributed by atoms with Crippen LogP contribution in [0.1, 0.15) is 47.5 Å². The normalized spacial score (nSPS) is 12.4. The van der Waals surface area contributed by atoms with Crippen LogP contribution in [0, 0.1) is 13.8 Å². The minimum atomic E-state index is -0.103. The molecule has 2 aromatic heterocycles. The quantitative estimate of drug-likeness (QED) is 0.340. The Balaban J connectivity index is 1.73. The number of pyridine rings is 1. The zero-order chi connectivity index (χ0) is 25.7. The van der Waals surface area contributed by atoms with Crippen molar-refractivity contribution < 1.29 is 9.47 Å². The molecule has 0 aliphatic rings. The number of methoxy groups -OCH3 is 2. The van der Waals surface area contributed by atoms with Gasteiger partial charge in [-0.25, -0.2) is 4.68 Å². The molecule has 0 saturated carbocycles. The molecule has 1 atom stereocenters. The first-order valence-electron chi connectivity index (χ1n) is 12.2. The number of nitrogens with zero attached hydrogens (tertiary/aromatic N) is 5. The number of ether oxygens (including phenoxy) is 2. The molecule has 4 rings (SSSR count). The van der Waals surface area contributed by atoms with Crippen LogP contribution in [0.3, 0.4) is 0 Å². The molecule has 9 nitrogen and oxygen atoms in total. The van der Waals surface area contributed by atoms with Crippen molar-refractivity contribution in [3.63, 3.8) is 0 Å². The topological polar surface area (TPSA) is 98.2 Å². The molecular weight excluding hydrogens is 456 g/mol. The van der Waals surface area contributed by atoms with Gasteiger partial charge in [-0.3, -0.25) is 9.69 Å². The number of tetrazole rings is 1. The summed E-state index contributed by atoms with van der Waals surface area (Å²) in [6.45, 7) is 8.37. The summed E-state index contributed by atoms with van der Waals surface area (Å²) in [5.41, 5.74) is 4.92. The van der Waals surface area contributed by atoms with E-state index in [9.17, 15) is 4.79 Å². The standard InChI is InChI=1S/C27H34N6O3/c1-6-25(26-29-30-31-33(26)11-12-35-4)32(16-20-7-9-23(36-5)10-8-20)17-22-15-21-13-18(2)19(3)14-24(21)28-27(22)34/h7-10,13-15,25H,6,11-12,16-17H2,1-5H3,(H,28,34)/t25-/m0/s1.